The quantitative estimate of drug-likeness (QED) is 0.879. The summed E-state index contributed by atoms with van der Waals surface area (Å²) in [5.74, 6) is 0. The minimum atomic E-state index is 0.413. The molecule has 0 spiro atoms. The maximum absolute atomic E-state index is 5.93. The summed E-state index contributed by atoms with van der Waals surface area (Å²) in [7, 11) is 0. The SMILES string of the molecule is Cc1cc(Br)cc2nc(N3CCNCC3C)oc12. The van der Waals surface area contributed by atoms with Gasteiger partial charge in [0.1, 0.15) is 5.52 Å². The number of piperazine rings is 1. The van der Waals surface area contributed by atoms with E-state index in [1.54, 1.807) is 0 Å². The van der Waals surface area contributed by atoms with Crippen molar-refractivity contribution in [1.29, 1.82) is 0 Å². The van der Waals surface area contributed by atoms with Gasteiger partial charge in [-0.1, -0.05) is 15.9 Å². The predicted molar refractivity (Wildman–Crippen MR) is 76.1 cm³/mol. The smallest absolute Gasteiger partial charge is 0.298 e. The third-order valence-corrected chi connectivity index (χ3v) is 3.83. The zero-order valence-corrected chi connectivity index (χ0v) is 12.1. The molecule has 0 bridgehead atoms. The number of aromatic nitrogens is 1. The minimum absolute atomic E-state index is 0.413. The molecule has 1 aliphatic heterocycles. The molecule has 2 heterocycles. The number of anilines is 1. The number of rotatable bonds is 1. The van der Waals surface area contributed by atoms with Gasteiger partial charge in [-0.15, -0.1) is 0 Å². The average Bonchev–Trinajstić information content (AvgIpc) is 2.73. The molecule has 2 aromatic rings. The molecule has 0 radical (unpaired) electrons. The summed E-state index contributed by atoms with van der Waals surface area (Å²) >= 11 is 3.50. The molecule has 1 aliphatic rings. The molecule has 0 amide bonds. The fourth-order valence-electron chi connectivity index (χ4n) is 2.39. The second kappa shape index (κ2) is 4.55. The highest BCUT2D eigenvalue weighted by molar-refractivity contribution is 9.10. The van der Waals surface area contributed by atoms with Crippen LogP contribution in [0.25, 0.3) is 11.1 Å². The van der Waals surface area contributed by atoms with Crippen LogP contribution in [0, 0.1) is 6.92 Å². The van der Waals surface area contributed by atoms with Crippen LogP contribution in [0.3, 0.4) is 0 Å². The average molecular weight is 310 g/mol. The zero-order chi connectivity index (χ0) is 12.7. The zero-order valence-electron chi connectivity index (χ0n) is 10.5. The summed E-state index contributed by atoms with van der Waals surface area (Å²) < 4.78 is 6.97. The maximum Gasteiger partial charge on any atom is 0.298 e. The molecule has 4 nitrogen and oxygen atoms in total. The van der Waals surface area contributed by atoms with Gasteiger partial charge in [-0.3, -0.25) is 0 Å². The molecular formula is C13H16BrN3O. The van der Waals surface area contributed by atoms with Crippen molar-refractivity contribution in [2.45, 2.75) is 19.9 Å². The second-order valence-corrected chi connectivity index (χ2v) is 5.73. The molecule has 18 heavy (non-hydrogen) atoms. The van der Waals surface area contributed by atoms with E-state index in [2.05, 4.69) is 44.1 Å². The number of aryl methyl sites for hydroxylation is 1. The fourth-order valence-corrected chi connectivity index (χ4v) is 2.95. The van der Waals surface area contributed by atoms with Crippen LogP contribution in [-0.2, 0) is 0 Å². The van der Waals surface area contributed by atoms with Crippen LogP contribution < -0.4 is 10.2 Å². The Morgan fingerprint density at radius 1 is 1.50 bits per heavy atom. The van der Waals surface area contributed by atoms with E-state index in [0.717, 1.165) is 46.8 Å². The predicted octanol–water partition coefficient (Wildman–Crippen LogP) is 2.70. The Balaban J connectivity index is 2.05. The van der Waals surface area contributed by atoms with Gasteiger partial charge < -0.3 is 14.6 Å². The van der Waals surface area contributed by atoms with Crippen molar-refractivity contribution in [2.24, 2.45) is 0 Å². The molecule has 96 valence electrons. The van der Waals surface area contributed by atoms with Crippen LogP contribution in [0.1, 0.15) is 12.5 Å². The lowest BCUT2D eigenvalue weighted by molar-refractivity contribution is 0.456. The van der Waals surface area contributed by atoms with Gasteiger partial charge in [0.05, 0.1) is 0 Å². The lowest BCUT2D eigenvalue weighted by atomic mass is 10.2. The lowest BCUT2D eigenvalue weighted by Crippen LogP contribution is -2.50. The van der Waals surface area contributed by atoms with Crippen molar-refractivity contribution < 1.29 is 4.42 Å². The third-order valence-electron chi connectivity index (χ3n) is 3.38. The highest BCUT2D eigenvalue weighted by Crippen LogP contribution is 2.28. The molecule has 0 aliphatic carbocycles. The standard InChI is InChI=1S/C13H16BrN3O/c1-8-5-10(14)6-11-12(8)18-13(16-11)17-4-3-15-7-9(17)2/h5-6,9,15H,3-4,7H2,1-2H3. The maximum atomic E-state index is 5.93. The second-order valence-electron chi connectivity index (χ2n) is 4.81. The van der Waals surface area contributed by atoms with E-state index >= 15 is 0 Å². The van der Waals surface area contributed by atoms with Gasteiger partial charge in [-0.05, 0) is 31.5 Å². The van der Waals surface area contributed by atoms with E-state index in [1.165, 1.54) is 0 Å². The van der Waals surface area contributed by atoms with E-state index in [-0.39, 0.29) is 0 Å². The number of benzene rings is 1. The molecule has 0 saturated carbocycles. The van der Waals surface area contributed by atoms with Crippen molar-refractivity contribution >= 4 is 33.0 Å². The van der Waals surface area contributed by atoms with Crippen LogP contribution in [0.4, 0.5) is 6.01 Å². The number of hydrogen-bond acceptors (Lipinski definition) is 4. The van der Waals surface area contributed by atoms with Gasteiger partial charge >= 0.3 is 0 Å². The van der Waals surface area contributed by atoms with E-state index in [9.17, 15) is 0 Å². The number of oxazole rings is 1. The Kier molecular flexibility index (Phi) is 3.03. The summed E-state index contributed by atoms with van der Waals surface area (Å²) in [4.78, 5) is 6.84. The summed E-state index contributed by atoms with van der Waals surface area (Å²) in [5.41, 5.74) is 2.92. The fraction of sp³-hybridized carbons (Fsp3) is 0.462. The molecule has 5 heteroatoms. The molecule has 1 unspecified atom stereocenters. The van der Waals surface area contributed by atoms with Crippen LogP contribution >= 0.6 is 15.9 Å². The number of nitrogens with one attached hydrogen (secondary N) is 1. The Morgan fingerprint density at radius 3 is 3.11 bits per heavy atom. The Morgan fingerprint density at radius 2 is 2.33 bits per heavy atom. The molecule has 1 atom stereocenters. The minimum Gasteiger partial charge on any atom is -0.423 e. The van der Waals surface area contributed by atoms with Crippen LogP contribution in [0.15, 0.2) is 21.0 Å². The highest BCUT2D eigenvalue weighted by atomic mass is 79.9. The van der Waals surface area contributed by atoms with Crippen molar-refractivity contribution in [3.63, 3.8) is 0 Å². The number of fused-ring (bicyclic) bond motifs is 1. The molecule has 1 aromatic carbocycles. The first-order valence-electron chi connectivity index (χ1n) is 6.19. The molecule has 1 N–H and O–H groups in total. The number of nitrogens with zero attached hydrogens (tertiary/aromatic N) is 2. The summed E-state index contributed by atoms with van der Waals surface area (Å²) in [6.45, 7) is 7.12. The summed E-state index contributed by atoms with van der Waals surface area (Å²) in [6, 6.07) is 5.21. The van der Waals surface area contributed by atoms with Crippen molar-refractivity contribution in [2.75, 3.05) is 24.5 Å². The topological polar surface area (TPSA) is 41.3 Å². The van der Waals surface area contributed by atoms with E-state index < -0.39 is 0 Å². The van der Waals surface area contributed by atoms with Crippen molar-refractivity contribution in [3.05, 3.63) is 22.2 Å². The normalized spacial score (nSPS) is 20.6. The van der Waals surface area contributed by atoms with Gasteiger partial charge in [0.15, 0.2) is 5.58 Å². The summed E-state index contributed by atoms with van der Waals surface area (Å²) in [5, 5.41) is 3.37. The molecular weight excluding hydrogens is 294 g/mol. The van der Waals surface area contributed by atoms with Gasteiger partial charge in [-0.2, -0.15) is 4.98 Å². The number of halogens is 1. The highest BCUT2D eigenvalue weighted by Gasteiger charge is 2.23. The van der Waals surface area contributed by atoms with Gasteiger partial charge in [0, 0.05) is 30.1 Å². The largest absolute Gasteiger partial charge is 0.423 e. The van der Waals surface area contributed by atoms with Gasteiger partial charge in [-0.25, -0.2) is 0 Å². The molecule has 1 saturated heterocycles. The number of hydrogen-bond donors (Lipinski definition) is 1. The first kappa shape index (κ1) is 12.0. The monoisotopic (exact) mass is 309 g/mol. The van der Waals surface area contributed by atoms with Gasteiger partial charge in [0.2, 0.25) is 0 Å². The molecule has 1 fully saturated rings. The van der Waals surface area contributed by atoms with Crippen molar-refractivity contribution in [3.8, 4) is 0 Å². The van der Waals surface area contributed by atoms with Gasteiger partial charge in [0.25, 0.3) is 6.01 Å². The first-order valence-corrected chi connectivity index (χ1v) is 6.98. The first-order chi connectivity index (χ1) is 8.65. The van der Waals surface area contributed by atoms with Crippen LogP contribution in [0.2, 0.25) is 0 Å². The van der Waals surface area contributed by atoms with Crippen LogP contribution in [-0.4, -0.2) is 30.7 Å². The van der Waals surface area contributed by atoms with Crippen LogP contribution in [0.5, 0.6) is 0 Å². The Hall–Kier alpha value is -1.07. The molecule has 1 aromatic heterocycles. The van der Waals surface area contributed by atoms with Crippen molar-refractivity contribution in [1.82, 2.24) is 10.3 Å². The molecule has 3 rings (SSSR count). The Labute approximate surface area is 114 Å². The van der Waals surface area contributed by atoms with E-state index in [1.807, 2.05) is 13.0 Å². The third kappa shape index (κ3) is 2.01. The Bertz CT molecular complexity index is 581. The van der Waals surface area contributed by atoms with E-state index in [0.29, 0.717) is 6.04 Å². The van der Waals surface area contributed by atoms with E-state index in [4.69, 9.17) is 4.42 Å². The lowest BCUT2D eigenvalue weighted by Gasteiger charge is -2.32. The summed E-state index contributed by atoms with van der Waals surface area (Å²) in [6.07, 6.45) is 0.